The number of hydrogen-bond acceptors (Lipinski definition) is 4. The fourth-order valence-corrected chi connectivity index (χ4v) is 4.38. The van der Waals surface area contributed by atoms with Gasteiger partial charge in [-0.05, 0) is 75.0 Å². The number of carbonyl (C=O) groups is 1. The van der Waals surface area contributed by atoms with Crippen LogP contribution < -0.4 is 20.7 Å². The first-order chi connectivity index (χ1) is 16.0. The Hall–Kier alpha value is -3.03. The van der Waals surface area contributed by atoms with Gasteiger partial charge >= 0.3 is 0 Å². The quantitative estimate of drug-likeness (QED) is 0.234. The minimum Gasteiger partial charge on any atom is -0.492 e. The molecule has 1 amide bonds. The molecule has 0 aliphatic heterocycles. The lowest BCUT2D eigenvalue weighted by atomic mass is 10.2. The van der Waals surface area contributed by atoms with Crippen molar-refractivity contribution in [3.8, 4) is 5.75 Å². The molecule has 3 aromatic rings. The molecule has 0 radical (unpaired) electrons. The molecule has 0 fully saturated rings. The van der Waals surface area contributed by atoms with Crippen molar-refractivity contribution < 1.29 is 9.53 Å². The third kappa shape index (κ3) is 7.51. The molecule has 0 aliphatic carbocycles. The van der Waals surface area contributed by atoms with Crippen molar-refractivity contribution in [2.75, 3.05) is 22.6 Å². The molecule has 3 aromatic carbocycles. The zero-order chi connectivity index (χ0) is 23.6. The maximum absolute atomic E-state index is 13.0. The molecule has 3 N–H and O–H groups in total. The van der Waals surface area contributed by atoms with Crippen molar-refractivity contribution in [1.82, 2.24) is 0 Å². The van der Waals surface area contributed by atoms with Gasteiger partial charge in [-0.25, -0.2) is 0 Å². The molecule has 1 unspecified atom stereocenters. The van der Waals surface area contributed by atoms with Crippen molar-refractivity contribution in [3.05, 3.63) is 78.4 Å². The molecule has 1 atom stereocenters. The number of thiocarbonyl (C=S) groups is 1. The van der Waals surface area contributed by atoms with Gasteiger partial charge in [-0.15, -0.1) is 11.8 Å². The highest BCUT2D eigenvalue weighted by atomic mass is 32.2. The second-order valence-corrected chi connectivity index (χ2v) is 9.09. The molecule has 0 heterocycles. The number of thioether (sulfide) groups is 1. The van der Waals surface area contributed by atoms with E-state index in [2.05, 4.69) is 16.0 Å². The summed E-state index contributed by atoms with van der Waals surface area (Å²) in [7, 11) is 0. The van der Waals surface area contributed by atoms with E-state index < -0.39 is 0 Å². The second kappa shape index (κ2) is 12.3. The topological polar surface area (TPSA) is 62.4 Å². The van der Waals surface area contributed by atoms with Crippen LogP contribution in [0.4, 0.5) is 17.1 Å². The normalized spacial score (nSPS) is 11.4. The molecule has 33 heavy (non-hydrogen) atoms. The van der Waals surface area contributed by atoms with Gasteiger partial charge in [0.1, 0.15) is 5.75 Å². The maximum atomic E-state index is 13.0. The number of aryl methyl sites for hydroxylation is 1. The molecule has 0 spiro atoms. The van der Waals surface area contributed by atoms with Crippen LogP contribution in [-0.2, 0) is 4.79 Å². The molecule has 0 saturated carbocycles. The molecule has 5 nitrogen and oxygen atoms in total. The number of benzene rings is 3. The average Bonchev–Trinajstić information content (AvgIpc) is 2.80. The van der Waals surface area contributed by atoms with Gasteiger partial charge in [0.2, 0.25) is 5.91 Å². The summed E-state index contributed by atoms with van der Waals surface area (Å²) in [5.41, 5.74) is 3.67. The Morgan fingerprint density at radius 3 is 2.39 bits per heavy atom. The molecule has 0 aliphatic rings. The Morgan fingerprint density at radius 1 is 0.939 bits per heavy atom. The number of anilines is 3. The molecule has 172 valence electrons. The van der Waals surface area contributed by atoms with Gasteiger partial charge in [0.15, 0.2) is 5.11 Å². The monoisotopic (exact) mass is 479 g/mol. The first kappa shape index (κ1) is 24.6. The van der Waals surface area contributed by atoms with Gasteiger partial charge in [-0.2, -0.15) is 0 Å². The van der Waals surface area contributed by atoms with E-state index in [1.165, 1.54) is 17.3 Å². The number of amides is 1. The van der Waals surface area contributed by atoms with Crippen LogP contribution in [0.5, 0.6) is 5.75 Å². The number of carbonyl (C=O) groups excluding carboxylic acids is 1. The summed E-state index contributed by atoms with van der Waals surface area (Å²) in [6, 6.07) is 23.4. The van der Waals surface area contributed by atoms with Gasteiger partial charge in [-0.1, -0.05) is 42.8 Å². The predicted molar refractivity (Wildman–Crippen MR) is 144 cm³/mol. The highest BCUT2D eigenvalue weighted by Gasteiger charge is 2.19. The number of ether oxygens (including phenoxy) is 1. The van der Waals surface area contributed by atoms with E-state index in [1.54, 1.807) is 0 Å². The van der Waals surface area contributed by atoms with Gasteiger partial charge in [0, 0.05) is 16.3 Å². The minimum absolute atomic E-state index is 0.0513. The minimum atomic E-state index is -0.243. The summed E-state index contributed by atoms with van der Waals surface area (Å²) < 4.78 is 5.62. The number of para-hydroxylation sites is 2. The van der Waals surface area contributed by atoms with Crippen LogP contribution in [0, 0.1) is 6.92 Å². The summed E-state index contributed by atoms with van der Waals surface area (Å²) in [5, 5.41) is 9.69. The Bertz CT molecular complexity index is 1090. The van der Waals surface area contributed by atoms with E-state index in [1.807, 2.05) is 93.6 Å². The predicted octanol–water partition coefficient (Wildman–Crippen LogP) is 6.71. The zero-order valence-corrected chi connectivity index (χ0v) is 20.7. The maximum Gasteiger partial charge on any atom is 0.237 e. The SMILES string of the molecule is CCOc1ccccc1NC(=O)C(CC)Sc1cccc(NC(=S)Nc2ccc(C)cc2)c1. The van der Waals surface area contributed by atoms with E-state index >= 15 is 0 Å². The van der Waals surface area contributed by atoms with Crippen molar-refractivity contribution in [2.24, 2.45) is 0 Å². The van der Waals surface area contributed by atoms with Crippen LogP contribution in [0.1, 0.15) is 25.8 Å². The first-order valence-corrected chi connectivity index (χ1v) is 12.2. The first-order valence-electron chi connectivity index (χ1n) is 10.9. The molecular formula is C26H29N3O2S2. The van der Waals surface area contributed by atoms with Crippen molar-refractivity contribution in [2.45, 2.75) is 37.3 Å². The summed E-state index contributed by atoms with van der Waals surface area (Å²) >= 11 is 6.97. The van der Waals surface area contributed by atoms with Crippen LogP contribution in [-0.4, -0.2) is 22.9 Å². The van der Waals surface area contributed by atoms with Gasteiger partial charge < -0.3 is 20.7 Å². The molecule has 0 saturated heterocycles. The summed E-state index contributed by atoms with van der Waals surface area (Å²) in [4.78, 5) is 13.9. The smallest absolute Gasteiger partial charge is 0.237 e. The van der Waals surface area contributed by atoms with Gasteiger partial charge in [0.05, 0.1) is 17.5 Å². The van der Waals surface area contributed by atoms with Crippen molar-refractivity contribution >= 4 is 52.1 Å². The Balaban J connectivity index is 1.62. The number of rotatable bonds is 9. The molecule has 7 heteroatoms. The Morgan fingerprint density at radius 2 is 1.67 bits per heavy atom. The molecule has 3 rings (SSSR count). The van der Waals surface area contributed by atoms with E-state index in [0.717, 1.165) is 16.3 Å². The second-order valence-electron chi connectivity index (χ2n) is 7.41. The molecular weight excluding hydrogens is 450 g/mol. The van der Waals surface area contributed by atoms with Crippen LogP contribution in [0.3, 0.4) is 0 Å². The third-order valence-electron chi connectivity index (χ3n) is 4.79. The van der Waals surface area contributed by atoms with E-state index in [0.29, 0.717) is 29.6 Å². The van der Waals surface area contributed by atoms with Crippen LogP contribution in [0.15, 0.2) is 77.7 Å². The summed E-state index contributed by atoms with van der Waals surface area (Å²) in [6.07, 6.45) is 0.693. The van der Waals surface area contributed by atoms with Crippen LogP contribution in [0.25, 0.3) is 0 Å². The number of hydrogen-bond donors (Lipinski definition) is 3. The lowest BCUT2D eigenvalue weighted by Gasteiger charge is -2.17. The highest BCUT2D eigenvalue weighted by Crippen LogP contribution is 2.30. The van der Waals surface area contributed by atoms with Crippen molar-refractivity contribution in [3.63, 3.8) is 0 Å². The fourth-order valence-electron chi connectivity index (χ4n) is 3.13. The van der Waals surface area contributed by atoms with Crippen LogP contribution in [0.2, 0.25) is 0 Å². The van der Waals surface area contributed by atoms with E-state index in [9.17, 15) is 4.79 Å². The fraction of sp³-hybridized carbons (Fsp3) is 0.231. The Labute approximate surface area is 205 Å². The van der Waals surface area contributed by atoms with E-state index in [4.69, 9.17) is 17.0 Å². The largest absolute Gasteiger partial charge is 0.492 e. The lowest BCUT2D eigenvalue weighted by molar-refractivity contribution is -0.115. The molecule has 0 aromatic heterocycles. The lowest BCUT2D eigenvalue weighted by Crippen LogP contribution is -2.25. The van der Waals surface area contributed by atoms with E-state index in [-0.39, 0.29) is 11.2 Å². The zero-order valence-electron chi connectivity index (χ0n) is 19.1. The third-order valence-corrected chi connectivity index (χ3v) is 6.35. The average molecular weight is 480 g/mol. The van der Waals surface area contributed by atoms with Gasteiger partial charge in [0.25, 0.3) is 0 Å². The standard InChI is InChI=1S/C26H29N3O2S2/c1-4-24(25(30)29-22-11-6-7-12-23(22)31-5-2)33-21-10-8-9-20(17-21)28-26(32)27-19-15-13-18(3)14-16-19/h6-17,24H,4-5H2,1-3H3,(H,29,30)(H2,27,28,32). The molecule has 0 bridgehead atoms. The number of nitrogens with one attached hydrogen (secondary N) is 3. The summed E-state index contributed by atoms with van der Waals surface area (Å²) in [5.74, 6) is 0.624. The van der Waals surface area contributed by atoms with Crippen molar-refractivity contribution in [1.29, 1.82) is 0 Å². The van der Waals surface area contributed by atoms with Gasteiger partial charge in [-0.3, -0.25) is 4.79 Å². The summed E-state index contributed by atoms with van der Waals surface area (Å²) in [6.45, 7) is 6.52. The van der Waals surface area contributed by atoms with Crippen LogP contribution >= 0.6 is 24.0 Å². The highest BCUT2D eigenvalue weighted by molar-refractivity contribution is 8.00. The Kier molecular flexibility index (Phi) is 9.15.